The van der Waals surface area contributed by atoms with Gasteiger partial charge in [-0.3, -0.25) is 0 Å². The summed E-state index contributed by atoms with van der Waals surface area (Å²) >= 11 is 1.02. The van der Waals surface area contributed by atoms with Crippen LogP contribution in [0.5, 0.6) is 0 Å². The minimum Gasteiger partial charge on any atom is -0.207 e. The molecule has 10 heteroatoms. The van der Waals surface area contributed by atoms with Crippen LogP contribution in [0.25, 0.3) is 0 Å². The zero-order valence-electron chi connectivity index (χ0n) is 8.12. The van der Waals surface area contributed by atoms with E-state index in [9.17, 15) is 21.6 Å². The molecule has 0 N–H and O–H groups in total. The molecule has 1 rings (SSSR count). The molecule has 3 nitrogen and oxygen atoms in total. The fraction of sp³-hybridized carbons (Fsp3) is 0.125. The van der Waals surface area contributed by atoms with Crippen molar-refractivity contribution in [3.63, 3.8) is 0 Å². The quantitative estimate of drug-likeness (QED) is 0.410. The summed E-state index contributed by atoms with van der Waals surface area (Å²) in [4.78, 5) is -1.27. The van der Waals surface area contributed by atoms with E-state index in [4.69, 9.17) is 15.9 Å². The number of alkyl halides is 3. The lowest BCUT2D eigenvalue weighted by Gasteiger charge is -2.10. The van der Waals surface area contributed by atoms with Crippen molar-refractivity contribution in [3.8, 4) is 6.07 Å². The molecule has 0 saturated carbocycles. The van der Waals surface area contributed by atoms with Gasteiger partial charge in [0.05, 0.1) is 10.5 Å². The molecular formula is C8H2ClF3INO2S2. The third kappa shape index (κ3) is 4.18. The highest BCUT2D eigenvalue weighted by Gasteiger charge is 2.33. The first kappa shape index (κ1) is 15.9. The standard InChI is InChI=1S/C8H2ClF3INO2S2/c9-18(15,16)7-2-5(13)4(3-14)1-6(7)17-8(10,11)12/h1-2H. The van der Waals surface area contributed by atoms with E-state index in [0.717, 1.165) is 12.1 Å². The van der Waals surface area contributed by atoms with Crippen LogP contribution < -0.4 is 0 Å². The molecule has 0 aliphatic rings. The van der Waals surface area contributed by atoms with E-state index in [1.165, 1.54) is 0 Å². The molecule has 0 aromatic heterocycles. The number of rotatable bonds is 2. The van der Waals surface area contributed by atoms with E-state index < -0.39 is 36.1 Å². The molecule has 0 saturated heterocycles. The van der Waals surface area contributed by atoms with Crippen LogP contribution in [0.3, 0.4) is 0 Å². The maximum Gasteiger partial charge on any atom is 0.446 e. The highest BCUT2D eigenvalue weighted by atomic mass is 127. The largest absolute Gasteiger partial charge is 0.446 e. The lowest BCUT2D eigenvalue weighted by Crippen LogP contribution is -2.04. The monoisotopic (exact) mass is 427 g/mol. The van der Waals surface area contributed by atoms with Crippen molar-refractivity contribution in [2.24, 2.45) is 0 Å². The molecule has 0 radical (unpaired) electrons. The number of nitriles is 1. The molecule has 0 heterocycles. The van der Waals surface area contributed by atoms with Crippen molar-refractivity contribution in [1.82, 2.24) is 0 Å². The first-order valence-corrected chi connectivity index (χ1v) is 8.19. The topological polar surface area (TPSA) is 57.9 Å². The summed E-state index contributed by atoms with van der Waals surface area (Å²) in [5, 5.41) is 8.71. The van der Waals surface area contributed by atoms with Crippen LogP contribution in [0.4, 0.5) is 13.2 Å². The Hall–Kier alpha value is -0.180. The summed E-state index contributed by atoms with van der Waals surface area (Å²) in [6.07, 6.45) is 0. The molecule has 0 fully saturated rings. The van der Waals surface area contributed by atoms with Gasteiger partial charge in [-0.05, 0) is 46.5 Å². The summed E-state index contributed by atoms with van der Waals surface area (Å²) < 4.78 is 59.4. The Kier molecular flexibility index (Phi) is 4.80. The highest BCUT2D eigenvalue weighted by molar-refractivity contribution is 14.1. The minimum atomic E-state index is -4.67. The van der Waals surface area contributed by atoms with E-state index in [1.807, 2.05) is 0 Å². The van der Waals surface area contributed by atoms with Gasteiger partial charge in [0.1, 0.15) is 6.07 Å². The average Bonchev–Trinajstić information content (AvgIpc) is 2.16. The Labute approximate surface area is 123 Å². The predicted octanol–water partition coefficient (Wildman–Crippen LogP) is 3.70. The average molecular weight is 428 g/mol. The van der Waals surface area contributed by atoms with Crippen molar-refractivity contribution in [3.05, 3.63) is 21.3 Å². The molecule has 0 aliphatic heterocycles. The van der Waals surface area contributed by atoms with Gasteiger partial charge in [-0.1, -0.05) is 0 Å². The minimum absolute atomic E-state index is 0.0496. The van der Waals surface area contributed by atoms with Crippen molar-refractivity contribution in [1.29, 1.82) is 5.26 Å². The number of halogens is 5. The summed E-state index contributed by atoms with van der Waals surface area (Å²) in [7, 11) is 0.749. The van der Waals surface area contributed by atoms with E-state index >= 15 is 0 Å². The third-order valence-corrected chi connectivity index (χ3v) is 4.81. The van der Waals surface area contributed by atoms with Crippen LogP contribution in [0, 0.1) is 14.9 Å². The van der Waals surface area contributed by atoms with Crippen LogP contribution in [-0.4, -0.2) is 13.9 Å². The summed E-state index contributed by atoms with van der Waals surface area (Å²) in [5.74, 6) is 0. The molecule has 98 valence electrons. The van der Waals surface area contributed by atoms with Gasteiger partial charge in [-0.2, -0.15) is 18.4 Å². The van der Waals surface area contributed by atoms with Gasteiger partial charge < -0.3 is 0 Å². The second-order valence-corrected chi connectivity index (χ2v) is 7.68. The maximum atomic E-state index is 12.3. The van der Waals surface area contributed by atoms with Crippen LogP contribution >= 0.6 is 45.0 Å². The molecule has 0 amide bonds. The Morgan fingerprint density at radius 1 is 1.39 bits per heavy atom. The van der Waals surface area contributed by atoms with Gasteiger partial charge in [-0.15, -0.1) is 0 Å². The molecule has 0 aliphatic carbocycles. The maximum absolute atomic E-state index is 12.3. The Bertz CT molecular complexity index is 624. The summed E-state index contributed by atoms with van der Waals surface area (Å²) in [6, 6.07) is 3.47. The van der Waals surface area contributed by atoms with Gasteiger partial charge in [0, 0.05) is 19.1 Å². The lowest BCUT2D eigenvalue weighted by atomic mass is 10.2. The van der Waals surface area contributed by atoms with E-state index in [2.05, 4.69) is 0 Å². The number of thioether (sulfide) groups is 1. The third-order valence-electron chi connectivity index (χ3n) is 1.64. The number of benzene rings is 1. The lowest BCUT2D eigenvalue weighted by molar-refractivity contribution is -0.0328. The Balaban J connectivity index is 3.52. The van der Waals surface area contributed by atoms with Crippen molar-refractivity contribution in [2.45, 2.75) is 15.3 Å². The van der Waals surface area contributed by atoms with Crippen LogP contribution in [0.1, 0.15) is 5.56 Å². The SMILES string of the molecule is N#Cc1cc(SC(F)(F)F)c(S(=O)(=O)Cl)cc1I. The molecule has 18 heavy (non-hydrogen) atoms. The molecule has 0 spiro atoms. The van der Waals surface area contributed by atoms with Crippen LogP contribution in [0.15, 0.2) is 21.9 Å². The highest BCUT2D eigenvalue weighted by Crippen LogP contribution is 2.41. The first-order chi connectivity index (χ1) is 8.04. The van der Waals surface area contributed by atoms with E-state index in [0.29, 0.717) is 0 Å². The zero-order valence-corrected chi connectivity index (χ0v) is 12.7. The zero-order chi connectivity index (χ0) is 14.1. The smallest absolute Gasteiger partial charge is 0.207 e. The summed E-state index contributed by atoms with van der Waals surface area (Å²) in [6.45, 7) is 0. The molecule has 0 unspecified atom stereocenters. The van der Waals surface area contributed by atoms with E-state index in [1.54, 1.807) is 28.7 Å². The van der Waals surface area contributed by atoms with Crippen molar-refractivity contribution < 1.29 is 21.6 Å². The fourth-order valence-electron chi connectivity index (χ4n) is 1.02. The molecule has 1 aromatic carbocycles. The fourth-order valence-corrected chi connectivity index (χ4v) is 3.93. The van der Waals surface area contributed by atoms with Gasteiger partial charge in [0.2, 0.25) is 0 Å². The predicted molar refractivity (Wildman–Crippen MR) is 68.8 cm³/mol. The van der Waals surface area contributed by atoms with Gasteiger partial charge in [0.15, 0.2) is 0 Å². The second-order valence-electron chi connectivity index (χ2n) is 2.88. The molecule has 0 atom stereocenters. The van der Waals surface area contributed by atoms with Crippen LogP contribution in [-0.2, 0) is 9.05 Å². The first-order valence-electron chi connectivity index (χ1n) is 3.98. The second kappa shape index (κ2) is 5.44. The molecule has 1 aromatic rings. The Morgan fingerprint density at radius 3 is 2.33 bits per heavy atom. The Morgan fingerprint density at radius 2 is 1.94 bits per heavy atom. The van der Waals surface area contributed by atoms with Crippen molar-refractivity contribution >= 4 is 54.1 Å². The molecular weight excluding hydrogens is 426 g/mol. The summed E-state index contributed by atoms with van der Waals surface area (Å²) in [5.41, 5.74) is -4.72. The van der Waals surface area contributed by atoms with Gasteiger partial charge in [-0.25, -0.2) is 8.42 Å². The van der Waals surface area contributed by atoms with Gasteiger partial charge >= 0.3 is 5.51 Å². The van der Waals surface area contributed by atoms with Crippen LogP contribution in [0.2, 0.25) is 0 Å². The number of hydrogen-bond donors (Lipinski definition) is 0. The molecule has 0 bridgehead atoms. The van der Waals surface area contributed by atoms with E-state index in [-0.39, 0.29) is 9.13 Å². The van der Waals surface area contributed by atoms with Gasteiger partial charge in [0.25, 0.3) is 9.05 Å². The normalized spacial score (nSPS) is 12.2. The number of nitrogens with zero attached hydrogens (tertiary/aromatic N) is 1. The number of hydrogen-bond acceptors (Lipinski definition) is 4. The van der Waals surface area contributed by atoms with Crippen molar-refractivity contribution in [2.75, 3.05) is 0 Å².